The van der Waals surface area contributed by atoms with E-state index in [9.17, 15) is 4.79 Å². The number of H-pyrrole nitrogens is 1. The summed E-state index contributed by atoms with van der Waals surface area (Å²) < 4.78 is 0. The number of aryl methyl sites for hydroxylation is 1. The maximum absolute atomic E-state index is 11.5. The molecule has 15 heavy (non-hydrogen) atoms. The van der Waals surface area contributed by atoms with Crippen molar-refractivity contribution in [2.45, 2.75) is 39.5 Å². The van der Waals surface area contributed by atoms with Gasteiger partial charge in [0.2, 0.25) is 0 Å². The smallest absolute Gasteiger partial charge is 0.271 e. The molecule has 0 saturated heterocycles. The minimum Gasteiger partial charge on any atom is -0.351 e. The van der Waals surface area contributed by atoms with Crippen LogP contribution in [0.3, 0.4) is 0 Å². The van der Waals surface area contributed by atoms with Crippen LogP contribution < -0.4 is 5.32 Å². The molecule has 0 atom stereocenters. The Hall–Kier alpha value is -1.32. The lowest BCUT2D eigenvalue weighted by molar-refractivity contribution is 0.0948. The molecule has 1 rings (SSSR count). The summed E-state index contributed by atoms with van der Waals surface area (Å²) in [6, 6.07) is 1.82. The van der Waals surface area contributed by atoms with Crippen LogP contribution in [0.4, 0.5) is 0 Å². The van der Waals surface area contributed by atoms with E-state index in [2.05, 4.69) is 29.4 Å². The van der Waals surface area contributed by atoms with Crippen LogP contribution in [-0.2, 0) is 6.42 Å². The Morgan fingerprint density at radius 1 is 1.47 bits per heavy atom. The van der Waals surface area contributed by atoms with Crippen molar-refractivity contribution in [3.05, 3.63) is 17.5 Å². The van der Waals surface area contributed by atoms with E-state index in [1.807, 2.05) is 6.07 Å². The van der Waals surface area contributed by atoms with Gasteiger partial charge in [-0.05, 0) is 18.9 Å². The summed E-state index contributed by atoms with van der Waals surface area (Å²) in [6.45, 7) is 4.92. The molecule has 1 aromatic heterocycles. The molecule has 1 amide bonds. The number of nitrogens with zero attached hydrogens (tertiary/aromatic N) is 1. The summed E-state index contributed by atoms with van der Waals surface area (Å²) in [5.74, 6) is -0.0814. The van der Waals surface area contributed by atoms with Crippen LogP contribution in [0.15, 0.2) is 6.07 Å². The van der Waals surface area contributed by atoms with Gasteiger partial charge in [-0.3, -0.25) is 9.89 Å². The molecule has 0 fully saturated rings. The zero-order valence-corrected chi connectivity index (χ0v) is 9.47. The van der Waals surface area contributed by atoms with Crippen molar-refractivity contribution in [3.8, 4) is 0 Å². The van der Waals surface area contributed by atoms with E-state index in [-0.39, 0.29) is 5.91 Å². The van der Waals surface area contributed by atoms with Crippen LogP contribution in [0.5, 0.6) is 0 Å². The van der Waals surface area contributed by atoms with E-state index in [0.717, 1.165) is 37.9 Å². The Morgan fingerprint density at radius 3 is 2.93 bits per heavy atom. The van der Waals surface area contributed by atoms with Crippen molar-refractivity contribution in [1.82, 2.24) is 15.5 Å². The number of aromatic nitrogens is 2. The molecule has 0 spiro atoms. The van der Waals surface area contributed by atoms with Gasteiger partial charge >= 0.3 is 0 Å². The van der Waals surface area contributed by atoms with Crippen LogP contribution >= 0.6 is 0 Å². The third kappa shape index (κ3) is 3.73. The van der Waals surface area contributed by atoms with Gasteiger partial charge in [0.05, 0.1) is 0 Å². The van der Waals surface area contributed by atoms with Crippen molar-refractivity contribution >= 4 is 5.91 Å². The average Bonchev–Trinajstić information content (AvgIpc) is 2.67. The topological polar surface area (TPSA) is 57.8 Å². The van der Waals surface area contributed by atoms with Crippen LogP contribution in [0.1, 0.15) is 49.3 Å². The number of hydrogen-bond donors (Lipinski definition) is 2. The Balaban J connectivity index is 2.43. The summed E-state index contributed by atoms with van der Waals surface area (Å²) in [5.41, 5.74) is 1.52. The molecule has 1 heterocycles. The lowest BCUT2D eigenvalue weighted by Gasteiger charge is -1.99. The first-order valence-corrected chi connectivity index (χ1v) is 5.60. The van der Waals surface area contributed by atoms with E-state index < -0.39 is 0 Å². The molecule has 0 aliphatic rings. The molecular weight excluding hydrogens is 190 g/mol. The largest absolute Gasteiger partial charge is 0.351 e. The van der Waals surface area contributed by atoms with E-state index in [1.165, 1.54) is 0 Å². The van der Waals surface area contributed by atoms with Crippen molar-refractivity contribution in [2.24, 2.45) is 0 Å². The molecule has 2 N–H and O–H groups in total. The molecule has 4 nitrogen and oxygen atoms in total. The molecule has 0 unspecified atom stereocenters. The Morgan fingerprint density at radius 2 is 2.27 bits per heavy atom. The van der Waals surface area contributed by atoms with Gasteiger partial charge in [-0.25, -0.2) is 0 Å². The van der Waals surface area contributed by atoms with Crippen LogP contribution in [0, 0.1) is 0 Å². The number of carbonyl (C=O) groups excluding carboxylic acids is 1. The predicted molar refractivity (Wildman–Crippen MR) is 59.8 cm³/mol. The molecule has 1 aromatic rings. The summed E-state index contributed by atoms with van der Waals surface area (Å²) in [5, 5.41) is 9.68. The van der Waals surface area contributed by atoms with Gasteiger partial charge in [0.1, 0.15) is 5.69 Å². The van der Waals surface area contributed by atoms with Crippen LogP contribution in [0.25, 0.3) is 0 Å². The number of rotatable bonds is 6. The molecule has 0 aliphatic carbocycles. The molecule has 0 aliphatic heterocycles. The van der Waals surface area contributed by atoms with Gasteiger partial charge in [-0.15, -0.1) is 0 Å². The highest BCUT2D eigenvalue weighted by Crippen LogP contribution is 2.02. The normalized spacial score (nSPS) is 10.3. The standard InChI is InChI=1S/C11H19N3O/c1-3-5-7-12-11(15)10-8-9(6-4-2)13-14-10/h8H,3-7H2,1-2H3,(H,12,15)(H,13,14). The fourth-order valence-electron chi connectivity index (χ4n) is 1.34. The highest BCUT2D eigenvalue weighted by molar-refractivity contribution is 5.92. The van der Waals surface area contributed by atoms with Crippen molar-refractivity contribution in [1.29, 1.82) is 0 Å². The van der Waals surface area contributed by atoms with E-state index in [0.29, 0.717) is 5.69 Å². The molecule has 0 bridgehead atoms. The number of hydrogen-bond acceptors (Lipinski definition) is 2. The number of amides is 1. The van der Waals surface area contributed by atoms with E-state index >= 15 is 0 Å². The fraction of sp³-hybridized carbons (Fsp3) is 0.636. The van der Waals surface area contributed by atoms with Gasteiger partial charge in [0, 0.05) is 12.2 Å². The third-order valence-electron chi connectivity index (χ3n) is 2.20. The van der Waals surface area contributed by atoms with Crippen molar-refractivity contribution in [2.75, 3.05) is 6.54 Å². The number of unbranched alkanes of at least 4 members (excludes halogenated alkanes) is 1. The molecule has 0 saturated carbocycles. The molecule has 84 valence electrons. The van der Waals surface area contributed by atoms with E-state index in [1.54, 1.807) is 0 Å². The first-order chi connectivity index (χ1) is 7.27. The minimum atomic E-state index is -0.0814. The zero-order valence-electron chi connectivity index (χ0n) is 9.47. The molecule has 0 aromatic carbocycles. The number of carbonyl (C=O) groups is 1. The predicted octanol–water partition coefficient (Wildman–Crippen LogP) is 1.89. The first-order valence-electron chi connectivity index (χ1n) is 5.60. The Bertz CT molecular complexity index is 307. The number of nitrogens with one attached hydrogen (secondary N) is 2. The van der Waals surface area contributed by atoms with Crippen LogP contribution in [0.2, 0.25) is 0 Å². The van der Waals surface area contributed by atoms with Gasteiger partial charge in [0.25, 0.3) is 5.91 Å². The lowest BCUT2D eigenvalue weighted by Crippen LogP contribution is -2.24. The highest BCUT2D eigenvalue weighted by Gasteiger charge is 2.08. The average molecular weight is 209 g/mol. The summed E-state index contributed by atoms with van der Waals surface area (Å²) >= 11 is 0. The lowest BCUT2D eigenvalue weighted by atomic mass is 10.2. The molecular formula is C11H19N3O. The summed E-state index contributed by atoms with van der Waals surface area (Å²) in [7, 11) is 0. The second-order valence-electron chi connectivity index (χ2n) is 3.64. The van der Waals surface area contributed by atoms with Crippen molar-refractivity contribution < 1.29 is 4.79 Å². The Kier molecular flexibility index (Phi) is 4.87. The SMILES string of the molecule is CCCCNC(=O)c1cc(CCC)[nH]n1. The maximum atomic E-state index is 11.5. The summed E-state index contributed by atoms with van der Waals surface area (Å²) in [6.07, 6.45) is 4.09. The second-order valence-corrected chi connectivity index (χ2v) is 3.64. The molecule has 0 radical (unpaired) electrons. The van der Waals surface area contributed by atoms with Gasteiger partial charge in [-0.1, -0.05) is 26.7 Å². The van der Waals surface area contributed by atoms with Crippen molar-refractivity contribution in [3.63, 3.8) is 0 Å². The van der Waals surface area contributed by atoms with E-state index in [4.69, 9.17) is 0 Å². The maximum Gasteiger partial charge on any atom is 0.271 e. The van der Waals surface area contributed by atoms with Gasteiger partial charge < -0.3 is 5.32 Å². The van der Waals surface area contributed by atoms with Crippen LogP contribution in [-0.4, -0.2) is 22.6 Å². The minimum absolute atomic E-state index is 0.0814. The summed E-state index contributed by atoms with van der Waals surface area (Å²) in [4.78, 5) is 11.5. The Labute approximate surface area is 90.5 Å². The monoisotopic (exact) mass is 209 g/mol. The second kappa shape index (κ2) is 6.22. The third-order valence-corrected chi connectivity index (χ3v) is 2.20. The van der Waals surface area contributed by atoms with Gasteiger partial charge in [-0.2, -0.15) is 5.10 Å². The highest BCUT2D eigenvalue weighted by atomic mass is 16.1. The number of aromatic amines is 1. The quantitative estimate of drug-likeness (QED) is 0.703. The first kappa shape index (κ1) is 11.8. The molecule has 4 heteroatoms. The van der Waals surface area contributed by atoms with Gasteiger partial charge in [0.15, 0.2) is 0 Å². The fourth-order valence-corrected chi connectivity index (χ4v) is 1.34. The zero-order chi connectivity index (χ0) is 11.1.